The molecule has 16 heavy (non-hydrogen) atoms. The molecule has 90 valence electrons. The normalized spacial score (nSPS) is 11.6. The second-order valence-electron chi connectivity index (χ2n) is 5.12. The van der Waals surface area contributed by atoms with E-state index in [9.17, 15) is 0 Å². The van der Waals surface area contributed by atoms with E-state index >= 15 is 0 Å². The van der Waals surface area contributed by atoms with Gasteiger partial charge in [-0.05, 0) is 29.5 Å². The monoisotopic (exact) mass is 240 g/mol. The second kappa shape index (κ2) is 5.07. The minimum absolute atomic E-state index is 0.126. The molecule has 0 bridgehead atoms. The Labute approximate surface area is 103 Å². The Bertz CT molecular complexity index is 344. The fraction of sp³-hybridized carbons (Fsp3) is 0.538. The largest absolute Gasteiger partial charge is 0.382 e. The van der Waals surface area contributed by atoms with Crippen LogP contribution >= 0.6 is 11.6 Å². The molecule has 1 aromatic rings. The molecule has 0 spiro atoms. The van der Waals surface area contributed by atoms with Crippen LogP contribution < -0.4 is 11.1 Å². The summed E-state index contributed by atoms with van der Waals surface area (Å²) in [5.41, 5.74) is 9.03. The first kappa shape index (κ1) is 13.3. The van der Waals surface area contributed by atoms with Crippen LogP contribution in [-0.4, -0.2) is 13.1 Å². The van der Waals surface area contributed by atoms with E-state index in [-0.39, 0.29) is 5.41 Å². The summed E-state index contributed by atoms with van der Waals surface area (Å²) in [6.45, 7) is 9.98. The lowest BCUT2D eigenvalue weighted by Gasteiger charge is -2.22. The van der Waals surface area contributed by atoms with E-state index in [1.807, 2.05) is 6.07 Å². The molecule has 0 aromatic heterocycles. The second-order valence-corrected chi connectivity index (χ2v) is 5.52. The topological polar surface area (TPSA) is 38.0 Å². The third-order valence-corrected chi connectivity index (χ3v) is 2.90. The molecule has 1 rings (SSSR count). The highest BCUT2D eigenvalue weighted by molar-refractivity contribution is 6.33. The average Bonchev–Trinajstić information content (AvgIpc) is 2.15. The van der Waals surface area contributed by atoms with Crippen LogP contribution in [0.4, 0.5) is 5.69 Å². The first-order valence-electron chi connectivity index (χ1n) is 5.61. The van der Waals surface area contributed by atoms with Crippen molar-refractivity contribution in [1.82, 2.24) is 0 Å². The van der Waals surface area contributed by atoms with Crippen molar-refractivity contribution >= 4 is 17.3 Å². The molecular weight excluding hydrogens is 220 g/mol. The van der Waals surface area contributed by atoms with Gasteiger partial charge < -0.3 is 11.1 Å². The first-order valence-corrected chi connectivity index (χ1v) is 5.98. The highest BCUT2D eigenvalue weighted by Gasteiger charge is 2.16. The lowest BCUT2D eigenvalue weighted by atomic mass is 9.86. The van der Waals surface area contributed by atoms with Gasteiger partial charge in [0, 0.05) is 13.1 Å². The Balaban J connectivity index is 3.08. The quantitative estimate of drug-likeness (QED) is 0.851. The molecule has 0 aliphatic heterocycles. The van der Waals surface area contributed by atoms with E-state index in [2.05, 4.69) is 39.1 Å². The van der Waals surface area contributed by atoms with Gasteiger partial charge in [-0.3, -0.25) is 0 Å². The van der Waals surface area contributed by atoms with Crippen LogP contribution in [0.2, 0.25) is 5.02 Å². The van der Waals surface area contributed by atoms with E-state index in [0.717, 1.165) is 17.3 Å². The molecule has 0 saturated heterocycles. The fourth-order valence-electron chi connectivity index (χ4n) is 1.60. The number of halogens is 1. The minimum Gasteiger partial charge on any atom is -0.382 e. The van der Waals surface area contributed by atoms with Gasteiger partial charge in [0.1, 0.15) is 0 Å². The third kappa shape index (κ3) is 3.13. The maximum Gasteiger partial charge on any atom is 0.0643 e. The number of aryl methyl sites for hydroxylation is 1. The number of hydrogen-bond donors (Lipinski definition) is 2. The van der Waals surface area contributed by atoms with Crippen molar-refractivity contribution in [3.63, 3.8) is 0 Å². The highest BCUT2D eigenvalue weighted by atomic mass is 35.5. The Morgan fingerprint density at radius 1 is 1.31 bits per heavy atom. The molecule has 0 heterocycles. The van der Waals surface area contributed by atoms with Crippen LogP contribution in [0, 0.1) is 6.92 Å². The average molecular weight is 241 g/mol. The SMILES string of the molecule is Cc1cc(C(C)(C)C)cc(Cl)c1NCCN. The van der Waals surface area contributed by atoms with Crippen molar-refractivity contribution in [2.24, 2.45) is 5.73 Å². The smallest absolute Gasteiger partial charge is 0.0643 e. The van der Waals surface area contributed by atoms with Crippen molar-refractivity contribution in [3.05, 3.63) is 28.3 Å². The Kier molecular flexibility index (Phi) is 4.22. The number of nitrogens with two attached hydrogens (primary N) is 1. The lowest BCUT2D eigenvalue weighted by molar-refractivity contribution is 0.590. The van der Waals surface area contributed by atoms with E-state index < -0.39 is 0 Å². The molecular formula is C13H21ClN2. The predicted molar refractivity (Wildman–Crippen MR) is 72.4 cm³/mol. The lowest BCUT2D eigenvalue weighted by Crippen LogP contribution is -2.15. The zero-order valence-electron chi connectivity index (χ0n) is 10.5. The van der Waals surface area contributed by atoms with Gasteiger partial charge >= 0.3 is 0 Å². The summed E-state index contributed by atoms with van der Waals surface area (Å²) in [4.78, 5) is 0. The van der Waals surface area contributed by atoms with Gasteiger partial charge in [-0.1, -0.05) is 38.4 Å². The zero-order chi connectivity index (χ0) is 12.3. The van der Waals surface area contributed by atoms with E-state index in [4.69, 9.17) is 17.3 Å². The molecule has 0 amide bonds. The summed E-state index contributed by atoms with van der Waals surface area (Å²) in [5.74, 6) is 0. The third-order valence-electron chi connectivity index (χ3n) is 2.60. The number of hydrogen-bond acceptors (Lipinski definition) is 2. The first-order chi connectivity index (χ1) is 7.36. The van der Waals surface area contributed by atoms with Crippen LogP contribution in [-0.2, 0) is 5.41 Å². The van der Waals surface area contributed by atoms with Gasteiger partial charge in [-0.2, -0.15) is 0 Å². The highest BCUT2D eigenvalue weighted by Crippen LogP contribution is 2.32. The van der Waals surface area contributed by atoms with Gasteiger partial charge in [0.15, 0.2) is 0 Å². The number of nitrogens with one attached hydrogen (secondary N) is 1. The summed E-state index contributed by atoms with van der Waals surface area (Å²) < 4.78 is 0. The Morgan fingerprint density at radius 3 is 2.38 bits per heavy atom. The Hall–Kier alpha value is -0.730. The van der Waals surface area contributed by atoms with Crippen molar-refractivity contribution in [2.75, 3.05) is 18.4 Å². The number of anilines is 1. The molecule has 3 N–H and O–H groups in total. The van der Waals surface area contributed by atoms with Crippen LogP contribution in [0.25, 0.3) is 0 Å². The minimum atomic E-state index is 0.126. The standard InChI is InChI=1S/C13H21ClN2/c1-9-7-10(13(2,3)4)8-11(14)12(9)16-6-5-15/h7-8,16H,5-6,15H2,1-4H3. The molecule has 0 aliphatic carbocycles. The molecule has 0 fully saturated rings. The number of rotatable bonds is 3. The molecule has 0 saturated carbocycles. The molecule has 0 aliphatic rings. The maximum atomic E-state index is 6.27. The van der Waals surface area contributed by atoms with Crippen LogP contribution in [0.15, 0.2) is 12.1 Å². The molecule has 3 heteroatoms. The van der Waals surface area contributed by atoms with Gasteiger partial charge in [0.05, 0.1) is 10.7 Å². The van der Waals surface area contributed by atoms with Crippen molar-refractivity contribution in [1.29, 1.82) is 0 Å². The van der Waals surface area contributed by atoms with Gasteiger partial charge in [0.25, 0.3) is 0 Å². The van der Waals surface area contributed by atoms with E-state index in [0.29, 0.717) is 6.54 Å². The van der Waals surface area contributed by atoms with Gasteiger partial charge in [-0.15, -0.1) is 0 Å². The molecule has 0 radical (unpaired) electrons. The van der Waals surface area contributed by atoms with Crippen LogP contribution in [0.3, 0.4) is 0 Å². The number of benzene rings is 1. The summed E-state index contributed by atoms with van der Waals surface area (Å²) in [6, 6.07) is 4.22. The summed E-state index contributed by atoms with van der Waals surface area (Å²) in [5, 5.41) is 4.03. The fourth-order valence-corrected chi connectivity index (χ4v) is 1.93. The summed E-state index contributed by atoms with van der Waals surface area (Å²) in [6.07, 6.45) is 0. The Morgan fingerprint density at radius 2 is 1.94 bits per heavy atom. The van der Waals surface area contributed by atoms with Crippen molar-refractivity contribution < 1.29 is 0 Å². The molecule has 0 unspecified atom stereocenters. The van der Waals surface area contributed by atoms with Crippen LogP contribution in [0.1, 0.15) is 31.9 Å². The molecule has 0 atom stereocenters. The van der Waals surface area contributed by atoms with E-state index in [1.165, 1.54) is 11.1 Å². The van der Waals surface area contributed by atoms with Gasteiger partial charge in [0.2, 0.25) is 0 Å². The summed E-state index contributed by atoms with van der Waals surface area (Å²) >= 11 is 6.27. The zero-order valence-corrected chi connectivity index (χ0v) is 11.3. The van der Waals surface area contributed by atoms with Gasteiger partial charge in [-0.25, -0.2) is 0 Å². The predicted octanol–water partition coefficient (Wildman–Crippen LogP) is 3.32. The molecule has 1 aromatic carbocycles. The molecule has 2 nitrogen and oxygen atoms in total. The van der Waals surface area contributed by atoms with Crippen molar-refractivity contribution in [3.8, 4) is 0 Å². The van der Waals surface area contributed by atoms with Crippen LogP contribution in [0.5, 0.6) is 0 Å². The van der Waals surface area contributed by atoms with E-state index in [1.54, 1.807) is 0 Å². The van der Waals surface area contributed by atoms with Crippen molar-refractivity contribution in [2.45, 2.75) is 33.1 Å². The summed E-state index contributed by atoms with van der Waals surface area (Å²) in [7, 11) is 0. The maximum absolute atomic E-state index is 6.27.